The largest absolute Gasteiger partial charge is 0.345 e. The van der Waals surface area contributed by atoms with E-state index in [4.69, 9.17) is 12.2 Å². The van der Waals surface area contributed by atoms with Gasteiger partial charge in [0.25, 0.3) is 5.91 Å². The average Bonchev–Trinajstić information content (AvgIpc) is 2.62. The van der Waals surface area contributed by atoms with Crippen LogP contribution in [0.5, 0.6) is 0 Å². The van der Waals surface area contributed by atoms with Gasteiger partial charge in [-0.15, -0.1) is 0 Å². The number of hydrogen-bond donors (Lipinski definition) is 3. The van der Waals surface area contributed by atoms with Crippen molar-refractivity contribution in [3.05, 3.63) is 65.7 Å². The van der Waals surface area contributed by atoms with E-state index in [1.807, 2.05) is 37.3 Å². The Hall–Kier alpha value is -2.73. The minimum Gasteiger partial charge on any atom is -0.345 e. The van der Waals surface area contributed by atoms with Crippen LogP contribution in [0.25, 0.3) is 0 Å². The van der Waals surface area contributed by atoms with E-state index in [1.165, 1.54) is 0 Å². The lowest BCUT2D eigenvalue weighted by molar-refractivity contribution is -0.122. The van der Waals surface area contributed by atoms with Crippen LogP contribution in [-0.4, -0.2) is 16.9 Å². The molecule has 3 N–H and O–H groups in total. The summed E-state index contributed by atoms with van der Waals surface area (Å²) in [4.78, 5) is 24.4. The van der Waals surface area contributed by atoms with Crippen molar-refractivity contribution >= 4 is 34.8 Å². The Bertz CT molecular complexity index is 791. The summed E-state index contributed by atoms with van der Waals surface area (Å²) in [5.74, 6) is -0.579. The van der Waals surface area contributed by atoms with Crippen molar-refractivity contribution in [2.24, 2.45) is 5.92 Å². The predicted octanol–water partition coefficient (Wildman–Crippen LogP) is 3.65. The zero-order chi connectivity index (χ0) is 19.1. The van der Waals surface area contributed by atoms with Gasteiger partial charge in [-0.3, -0.25) is 9.59 Å². The van der Waals surface area contributed by atoms with E-state index >= 15 is 0 Å². The molecule has 0 aliphatic carbocycles. The minimum absolute atomic E-state index is 0.135. The Labute approximate surface area is 159 Å². The summed E-state index contributed by atoms with van der Waals surface area (Å²) in [7, 11) is 0. The van der Waals surface area contributed by atoms with Gasteiger partial charge < -0.3 is 16.0 Å². The highest BCUT2D eigenvalue weighted by Crippen LogP contribution is 2.18. The van der Waals surface area contributed by atoms with Crippen LogP contribution in [0.2, 0.25) is 0 Å². The Morgan fingerprint density at radius 2 is 1.54 bits per heavy atom. The average molecular weight is 369 g/mol. The van der Waals surface area contributed by atoms with Gasteiger partial charge in [0.15, 0.2) is 5.11 Å². The van der Waals surface area contributed by atoms with Gasteiger partial charge in [-0.2, -0.15) is 0 Å². The number of benzene rings is 2. The molecule has 1 unspecified atom stereocenters. The normalized spacial score (nSPS) is 11.5. The molecule has 0 heterocycles. The third-order valence-corrected chi connectivity index (χ3v) is 4.03. The molecule has 2 aromatic rings. The Balaban J connectivity index is 2.09. The fraction of sp³-hybridized carbons (Fsp3) is 0.250. The van der Waals surface area contributed by atoms with E-state index in [-0.39, 0.29) is 28.9 Å². The lowest BCUT2D eigenvalue weighted by atomic mass is 10.1. The molecule has 0 aromatic heterocycles. The van der Waals surface area contributed by atoms with Crippen molar-refractivity contribution < 1.29 is 9.59 Å². The molecule has 0 saturated carbocycles. The van der Waals surface area contributed by atoms with Gasteiger partial charge in [0.1, 0.15) is 0 Å². The van der Waals surface area contributed by atoms with Crippen LogP contribution in [0.3, 0.4) is 0 Å². The highest BCUT2D eigenvalue weighted by molar-refractivity contribution is 7.80. The van der Waals surface area contributed by atoms with Gasteiger partial charge >= 0.3 is 0 Å². The van der Waals surface area contributed by atoms with E-state index in [2.05, 4.69) is 16.0 Å². The molecule has 2 aromatic carbocycles. The van der Waals surface area contributed by atoms with Crippen LogP contribution in [0.1, 0.15) is 42.7 Å². The molecule has 0 saturated heterocycles. The summed E-state index contributed by atoms with van der Waals surface area (Å²) in [6.07, 6.45) is 0. The second-order valence-electron chi connectivity index (χ2n) is 6.25. The summed E-state index contributed by atoms with van der Waals surface area (Å²) in [6, 6.07) is 16.6. The maximum atomic E-state index is 12.7. The van der Waals surface area contributed by atoms with Crippen LogP contribution in [-0.2, 0) is 4.79 Å². The van der Waals surface area contributed by atoms with Gasteiger partial charge in [0.2, 0.25) is 5.91 Å². The smallest absolute Gasteiger partial charge is 0.253 e. The van der Waals surface area contributed by atoms with E-state index in [0.717, 1.165) is 5.56 Å². The number of anilines is 1. The number of nitrogens with one attached hydrogen (secondary N) is 3. The van der Waals surface area contributed by atoms with Crippen LogP contribution in [0.4, 0.5) is 5.69 Å². The molecule has 0 aliphatic rings. The summed E-state index contributed by atoms with van der Waals surface area (Å²) in [5, 5.41) is 8.68. The zero-order valence-electron chi connectivity index (χ0n) is 15.1. The summed E-state index contributed by atoms with van der Waals surface area (Å²) in [5.41, 5.74) is 2.02. The first-order valence-electron chi connectivity index (χ1n) is 8.45. The maximum Gasteiger partial charge on any atom is 0.253 e. The number of hydrogen-bond acceptors (Lipinski definition) is 3. The number of carbonyl (C=O) groups excluding carboxylic acids is 2. The molecule has 26 heavy (non-hydrogen) atoms. The van der Waals surface area contributed by atoms with E-state index < -0.39 is 0 Å². The monoisotopic (exact) mass is 369 g/mol. The number of rotatable bonds is 5. The molecular weight excluding hydrogens is 346 g/mol. The number of amides is 2. The Morgan fingerprint density at radius 3 is 2.19 bits per heavy atom. The van der Waals surface area contributed by atoms with Crippen molar-refractivity contribution in [2.75, 3.05) is 5.32 Å². The molecule has 136 valence electrons. The summed E-state index contributed by atoms with van der Waals surface area (Å²) < 4.78 is 0. The molecule has 0 fully saturated rings. The molecule has 6 heteroatoms. The first-order chi connectivity index (χ1) is 12.4. The molecule has 0 bridgehead atoms. The van der Waals surface area contributed by atoms with Crippen molar-refractivity contribution in [3.63, 3.8) is 0 Å². The SMILES string of the molecule is CC(C)C(=O)NC(=S)Nc1ccccc1C(=O)NC(C)c1ccccc1. The molecule has 0 spiro atoms. The van der Waals surface area contributed by atoms with Crippen LogP contribution < -0.4 is 16.0 Å². The Morgan fingerprint density at radius 1 is 0.923 bits per heavy atom. The third-order valence-electron chi connectivity index (χ3n) is 3.83. The second kappa shape index (κ2) is 9.10. The van der Waals surface area contributed by atoms with E-state index in [9.17, 15) is 9.59 Å². The maximum absolute atomic E-state index is 12.7. The highest BCUT2D eigenvalue weighted by atomic mass is 32.1. The first kappa shape index (κ1) is 19.6. The quantitative estimate of drug-likeness (QED) is 0.704. The second-order valence-corrected chi connectivity index (χ2v) is 6.66. The van der Waals surface area contributed by atoms with Gasteiger partial charge in [0.05, 0.1) is 17.3 Å². The number of carbonyl (C=O) groups is 2. The standard InChI is InChI=1S/C20H23N3O2S/c1-13(2)18(24)23-20(26)22-17-12-8-7-11-16(17)19(25)21-14(3)15-9-5-4-6-10-15/h4-14H,1-3H3,(H,21,25)(H2,22,23,24,26). The molecular formula is C20H23N3O2S. The Kier molecular flexibility index (Phi) is 6.86. The van der Waals surface area contributed by atoms with Crippen molar-refractivity contribution in [2.45, 2.75) is 26.8 Å². The molecule has 2 amide bonds. The van der Waals surface area contributed by atoms with E-state index in [0.29, 0.717) is 11.3 Å². The zero-order valence-corrected chi connectivity index (χ0v) is 15.9. The van der Waals surface area contributed by atoms with Crippen LogP contribution in [0.15, 0.2) is 54.6 Å². The van der Waals surface area contributed by atoms with Gasteiger partial charge in [0, 0.05) is 5.92 Å². The topological polar surface area (TPSA) is 70.2 Å². The number of thiocarbonyl (C=S) groups is 1. The minimum atomic E-state index is -0.220. The molecule has 0 radical (unpaired) electrons. The predicted molar refractivity (Wildman–Crippen MR) is 108 cm³/mol. The lowest BCUT2D eigenvalue weighted by Gasteiger charge is -2.17. The fourth-order valence-corrected chi connectivity index (χ4v) is 2.51. The summed E-state index contributed by atoms with van der Waals surface area (Å²) >= 11 is 5.17. The highest BCUT2D eigenvalue weighted by Gasteiger charge is 2.16. The van der Waals surface area contributed by atoms with E-state index in [1.54, 1.807) is 38.1 Å². The molecule has 5 nitrogen and oxygen atoms in total. The summed E-state index contributed by atoms with van der Waals surface area (Å²) in [6.45, 7) is 5.49. The van der Waals surface area contributed by atoms with Crippen molar-refractivity contribution in [1.29, 1.82) is 0 Å². The van der Waals surface area contributed by atoms with Crippen molar-refractivity contribution in [1.82, 2.24) is 10.6 Å². The van der Waals surface area contributed by atoms with Gasteiger partial charge in [-0.25, -0.2) is 0 Å². The fourth-order valence-electron chi connectivity index (χ4n) is 2.30. The molecule has 1 atom stereocenters. The number of para-hydroxylation sites is 1. The lowest BCUT2D eigenvalue weighted by Crippen LogP contribution is -2.37. The molecule has 0 aliphatic heterocycles. The third kappa shape index (κ3) is 5.39. The van der Waals surface area contributed by atoms with Crippen LogP contribution in [0, 0.1) is 5.92 Å². The van der Waals surface area contributed by atoms with Gasteiger partial charge in [-0.1, -0.05) is 56.3 Å². The van der Waals surface area contributed by atoms with Gasteiger partial charge in [-0.05, 0) is 36.8 Å². The van der Waals surface area contributed by atoms with Crippen molar-refractivity contribution in [3.8, 4) is 0 Å². The van der Waals surface area contributed by atoms with Crippen LogP contribution >= 0.6 is 12.2 Å². The first-order valence-corrected chi connectivity index (χ1v) is 8.86. The molecule has 2 rings (SSSR count).